The van der Waals surface area contributed by atoms with Crippen LogP contribution in [0, 0.1) is 0 Å². The molecule has 16 heavy (non-hydrogen) atoms. The SMILES string of the molecule is C=C/C(=C\C(=C)CC)C(F)(F)COCCC. The lowest BCUT2D eigenvalue weighted by atomic mass is 10.1. The summed E-state index contributed by atoms with van der Waals surface area (Å²) in [6, 6.07) is 0. The van der Waals surface area contributed by atoms with Crippen LogP contribution in [0.1, 0.15) is 26.7 Å². The Morgan fingerprint density at radius 1 is 1.38 bits per heavy atom. The Morgan fingerprint density at radius 2 is 2.00 bits per heavy atom. The van der Waals surface area contributed by atoms with Crippen molar-refractivity contribution in [2.45, 2.75) is 32.6 Å². The summed E-state index contributed by atoms with van der Waals surface area (Å²) < 4.78 is 32.1. The van der Waals surface area contributed by atoms with Gasteiger partial charge in [-0.3, -0.25) is 0 Å². The fourth-order valence-corrected chi connectivity index (χ4v) is 1.06. The lowest BCUT2D eigenvalue weighted by Crippen LogP contribution is -2.26. The van der Waals surface area contributed by atoms with Gasteiger partial charge in [0, 0.05) is 12.2 Å². The topological polar surface area (TPSA) is 9.23 Å². The first-order valence-electron chi connectivity index (χ1n) is 5.45. The average molecular weight is 230 g/mol. The van der Waals surface area contributed by atoms with Crippen LogP contribution in [0.4, 0.5) is 8.78 Å². The fraction of sp³-hybridized carbons (Fsp3) is 0.538. The minimum absolute atomic E-state index is 0.129. The molecule has 0 saturated heterocycles. The maximum absolute atomic E-state index is 13.6. The van der Waals surface area contributed by atoms with E-state index in [1.54, 1.807) is 0 Å². The molecule has 0 unspecified atom stereocenters. The van der Waals surface area contributed by atoms with Gasteiger partial charge in [-0.2, -0.15) is 8.78 Å². The first-order valence-corrected chi connectivity index (χ1v) is 5.45. The van der Waals surface area contributed by atoms with Crippen LogP contribution < -0.4 is 0 Å². The summed E-state index contributed by atoms with van der Waals surface area (Å²) >= 11 is 0. The van der Waals surface area contributed by atoms with Crippen molar-refractivity contribution in [2.75, 3.05) is 13.2 Å². The summed E-state index contributed by atoms with van der Waals surface area (Å²) in [4.78, 5) is 0. The normalized spacial score (nSPS) is 12.6. The molecule has 0 N–H and O–H groups in total. The van der Waals surface area contributed by atoms with Gasteiger partial charge >= 0.3 is 0 Å². The fourth-order valence-electron chi connectivity index (χ4n) is 1.06. The van der Waals surface area contributed by atoms with Gasteiger partial charge in [0.15, 0.2) is 0 Å². The van der Waals surface area contributed by atoms with Crippen LogP contribution in [0.25, 0.3) is 0 Å². The van der Waals surface area contributed by atoms with Crippen LogP contribution in [0.2, 0.25) is 0 Å². The highest BCUT2D eigenvalue weighted by Crippen LogP contribution is 2.26. The number of ether oxygens (including phenoxy) is 1. The Hall–Kier alpha value is -0.960. The van der Waals surface area contributed by atoms with Crippen molar-refractivity contribution in [3.05, 3.63) is 36.5 Å². The maximum Gasteiger partial charge on any atom is 0.296 e. The van der Waals surface area contributed by atoms with Gasteiger partial charge < -0.3 is 4.74 Å². The van der Waals surface area contributed by atoms with Gasteiger partial charge in [0.2, 0.25) is 0 Å². The molecule has 0 spiro atoms. The molecular weight excluding hydrogens is 210 g/mol. The van der Waals surface area contributed by atoms with Gasteiger partial charge in [0.1, 0.15) is 6.61 Å². The van der Waals surface area contributed by atoms with E-state index in [0.717, 1.165) is 12.5 Å². The number of hydrogen-bond donors (Lipinski definition) is 0. The lowest BCUT2D eigenvalue weighted by molar-refractivity contribution is -0.0459. The van der Waals surface area contributed by atoms with E-state index in [4.69, 9.17) is 4.74 Å². The Morgan fingerprint density at radius 3 is 2.44 bits per heavy atom. The number of allylic oxidation sites excluding steroid dienone is 3. The standard InChI is InChI=1S/C13H20F2O/c1-5-8-16-10-13(14,15)12(7-3)9-11(4)6-2/h7,9H,3-6,8,10H2,1-2H3/b12-9+. The van der Waals surface area contributed by atoms with Crippen molar-refractivity contribution < 1.29 is 13.5 Å². The van der Waals surface area contributed by atoms with E-state index in [2.05, 4.69) is 13.2 Å². The molecule has 0 atom stereocenters. The molecular formula is C13H20F2O. The molecule has 3 heteroatoms. The highest BCUT2D eigenvalue weighted by molar-refractivity contribution is 5.32. The van der Waals surface area contributed by atoms with Crippen molar-refractivity contribution in [3.8, 4) is 0 Å². The van der Waals surface area contributed by atoms with Gasteiger partial charge in [0.05, 0.1) is 0 Å². The second-order valence-corrected chi connectivity index (χ2v) is 3.57. The summed E-state index contributed by atoms with van der Waals surface area (Å²) in [5.41, 5.74) is 0.528. The third kappa shape index (κ3) is 5.21. The highest BCUT2D eigenvalue weighted by atomic mass is 19.3. The summed E-state index contributed by atoms with van der Waals surface area (Å²) in [7, 11) is 0. The predicted octanol–water partition coefficient (Wildman–Crippen LogP) is 4.13. The first-order chi connectivity index (χ1) is 7.47. The van der Waals surface area contributed by atoms with Crippen LogP contribution in [0.5, 0.6) is 0 Å². The summed E-state index contributed by atoms with van der Waals surface area (Å²) in [5, 5.41) is 0. The quantitative estimate of drug-likeness (QED) is 0.450. The zero-order valence-electron chi connectivity index (χ0n) is 10.1. The molecule has 0 aliphatic heterocycles. The maximum atomic E-state index is 13.6. The second kappa shape index (κ2) is 7.34. The molecule has 0 aromatic carbocycles. The molecule has 0 bridgehead atoms. The largest absolute Gasteiger partial charge is 0.375 e. The van der Waals surface area contributed by atoms with Gasteiger partial charge in [0.25, 0.3) is 5.92 Å². The molecule has 0 aliphatic carbocycles. The Kier molecular flexibility index (Phi) is 6.90. The number of alkyl halides is 2. The third-order valence-corrected chi connectivity index (χ3v) is 2.09. The number of rotatable bonds is 8. The van der Waals surface area contributed by atoms with Crippen molar-refractivity contribution in [3.63, 3.8) is 0 Å². The van der Waals surface area contributed by atoms with E-state index in [9.17, 15) is 8.78 Å². The first kappa shape index (κ1) is 15.0. The minimum atomic E-state index is -2.99. The molecule has 0 aromatic heterocycles. The Labute approximate surface area is 96.5 Å². The van der Waals surface area contributed by atoms with Gasteiger partial charge in [-0.05, 0) is 12.8 Å². The molecule has 0 amide bonds. The Balaban J connectivity index is 4.59. The van der Waals surface area contributed by atoms with Gasteiger partial charge in [-0.25, -0.2) is 0 Å². The van der Waals surface area contributed by atoms with Crippen molar-refractivity contribution in [1.82, 2.24) is 0 Å². The Bertz CT molecular complexity index is 267. The van der Waals surface area contributed by atoms with Crippen molar-refractivity contribution in [1.29, 1.82) is 0 Å². The van der Waals surface area contributed by atoms with Crippen LogP contribution >= 0.6 is 0 Å². The van der Waals surface area contributed by atoms with E-state index in [1.807, 2.05) is 13.8 Å². The van der Waals surface area contributed by atoms with Crippen LogP contribution in [0.3, 0.4) is 0 Å². The monoisotopic (exact) mass is 230 g/mol. The zero-order valence-corrected chi connectivity index (χ0v) is 10.1. The molecule has 0 aliphatic rings. The second-order valence-electron chi connectivity index (χ2n) is 3.57. The smallest absolute Gasteiger partial charge is 0.296 e. The van der Waals surface area contributed by atoms with E-state index in [1.165, 1.54) is 6.08 Å². The van der Waals surface area contributed by atoms with Gasteiger partial charge in [-0.15, -0.1) is 0 Å². The van der Waals surface area contributed by atoms with Crippen LogP contribution in [-0.2, 0) is 4.74 Å². The highest BCUT2D eigenvalue weighted by Gasteiger charge is 2.32. The molecule has 92 valence electrons. The molecule has 0 radical (unpaired) electrons. The van der Waals surface area contributed by atoms with E-state index in [0.29, 0.717) is 18.6 Å². The molecule has 0 rings (SSSR count). The summed E-state index contributed by atoms with van der Waals surface area (Å²) in [6.07, 6.45) is 3.91. The van der Waals surface area contributed by atoms with Crippen molar-refractivity contribution in [2.24, 2.45) is 0 Å². The minimum Gasteiger partial charge on any atom is -0.375 e. The third-order valence-electron chi connectivity index (χ3n) is 2.09. The average Bonchev–Trinajstić information content (AvgIpc) is 2.25. The summed E-state index contributed by atoms with van der Waals surface area (Å²) in [6.45, 7) is 10.6. The van der Waals surface area contributed by atoms with Crippen LogP contribution in [-0.4, -0.2) is 19.1 Å². The zero-order chi connectivity index (χ0) is 12.6. The lowest BCUT2D eigenvalue weighted by Gasteiger charge is -2.18. The molecule has 0 heterocycles. The van der Waals surface area contributed by atoms with E-state index in [-0.39, 0.29) is 5.57 Å². The van der Waals surface area contributed by atoms with Crippen LogP contribution in [0.15, 0.2) is 36.5 Å². The van der Waals surface area contributed by atoms with E-state index < -0.39 is 12.5 Å². The molecule has 0 fully saturated rings. The molecule has 0 saturated carbocycles. The molecule has 0 aromatic rings. The number of halogens is 2. The number of hydrogen-bond acceptors (Lipinski definition) is 1. The predicted molar refractivity (Wildman–Crippen MR) is 63.8 cm³/mol. The van der Waals surface area contributed by atoms with Crippen molar-refractivity contribution >= 4 is 0 Å². The summed E-state index contributed by atoms with van der Waals surface area (Å²) in [5.74, 6) is -2.99. The van der Waals surface area contributed by atoms with E-state index >= 15 is 0 Å². The van der Waals surface area contributed by atoms with Gasteiger partial charge in [-0.1, -0.05) is 44.7 Å². The molecule has 1 nitrogen and oxygen atoms in total.